The number of rotatable bonds is 2. The lowest BCUT2D eigenvalue weighted by Crippen LogP contribution is -2.12. The topological polar surface area (TPSA) is 89.6 Å². The Bertz CT molecular complexity index is 392. The number of nitrogens with two attached hydrogens (primary N) is 1. The number of hydrogen-bond acceptors (Lipinski definition) is 4. The van der Waals surface area contributed by atoms with Crippen LogP contribution in [0.1, 0.15) is 20.7 Å². The molecule has 0 atom stereocenters. The number of esters is 1. The normalized spacial score (nSPS) is 8.87. The Morgan fingerprint density at radius 2 is 2.00 bits per heavy atom. The molecule has 0 unspecified atom stereocenters. The molecular formula is C9H10ClNO4. The van der Waals surface area contributed by atoms with Crippen LogP contribution in [-0.2, 0) is 4.74 Å². The van der Waals surface area contributed by atoms with E-state index in [4.69, 9.17) is 10.8 Å². The maximum Gasteiger partial charge on any atom is 0.338 e. The maximum atomic E-state index is 11.1. The van der Waals surface area contributed by atoms with Crippen LogP contribution in [0.2, 0.25) is 0 Å². The highest BCUT2D eigenvalue weighted by Crippen LogP contribution is 2.17. The van der Waals surface area contributed by atoms with Crippen molar-refractivity contribution in [2.45, 2.75) is 0 Å². The SMILES string of the molecule is COC(=O)c1cccc(N)c1C(=O)O.Cl. The molecule has 0 heterocycles. The molecule has 82 valence electrons. The molecule has 0 aliphatic carbocycles. The highest BCUT2D eigenvalue weighted by Gasteiger charge is 2.19. The van der Waals surface area contributed by atoms with Crippen molar-refractivity contribution in [1.29, 1.82) is 0 Å². The minimum atomic E-state index is -1.25. The van der Waals surface area contributed by atoms with Crippen LogP contribution in [-0.4, -0.2) is 24.2 Å². The molecule has 0 fully saturated rings. The summed E-state index contributed by atoms with van der Waals surface area (Å²) in [5, 5.41) is 8.80. The van der Waals surface area contributed by atoms with Gasteiger partial charge in [-0.2, -0.15) is 0 Å². The van der Waals surface area contributed by atoms with Gasteiger partial charge in [0.25, 0.3) is 0 Å². The zero-order valence-electron chi connectivity index (χ0n) is 7.89. The summed E-state index contributed by atoms with van der Waals surface area (Å²) in [6.45, 7) is 0. The van der Waals surface area contributed by atoms with Gasteiger partial charge < -0.3 is 15.6 Å². The molecule has 1 aromatic rings. The molecule has 0 aliphatic heterocycles. The molecule has 0 aliphatic rings. The van der Waals surface area contributed by atoms with Crippen LogP contribution >= 0.6 is 12.4 Å². The standard InChI is InChI=1S/C9H9NO4.ClH/c1-14-9(13)5-3-2-4-6(10)7(5)8(11)12;/h2-4H,10H2,1H3,(H,11,12);1H. The number of carboxylic acids is 1. The summed E-state index contributed by atoms with van der Waals surface area (Å²) in [5.74, 6) is -1.96. The molecule has 15 heavy (non-hydrogen) atoms. The molecule has 1 aromatic carbocycles. The first kappa shape index (κ1) is 13.2. The molecule has 3 N–H and O–H groups in total. The Morgan fingerprint density at radius 1 is 1.40 bits per heavy atom. The third-order valence-corrected chi connectivity index (χ3v) is 1.72. The third-order valence-electron chi connectivity index (χ3n) is 1.72. The van der Waals surface area contributed by atoms with Crippen LogP contribution in [0.5, 0.6) is 0 Å². The third kappa shape index (κ3) is 2.60. The number of anilines is 1. The van der Waals surface area contributed by atoms with E-state index in [1.807, 2.05) is 0 Å². The van der Waals surface area contributed by atoms with Crippen LogP contribution in [0.15, 0.2) is 18.2 Å². The van der Waals surface area contributed by atoms with Crippen LogP contribution in [0.3, 0.4) is 0 Å². The van der Waals surface area contributed by atoms with Gasteiger partial charge in [-0.15, -0.1) is 12.4 Å². The summed E-state index contributed by atoms with van der Waals surface area (Å²) in [5.41, 5.74) is 5.20. The molecule has 0 amide bonds. The smallest absolute Gasteiger partial charge is 0.338 e. The van der Waals surface area contributed by atoms with Crippen molar-refractivity contribution in [3.63, 3.8) is 0 Å². The Hall–Kier alpha value is -1.75. The second kappa shape index (κ2) is 5.21. The number of ether oxygens (including phenoxy) is 1. The first-order valence-corrected chi connectivity index (χ1v) is 3.78. The van der Waals surface area contributed by atoms with Gasteiger partial charge in [0, 0.05) is 5.69 Å². The van der Waals surface area contributed by atoms with Crippen LogP contribution in [0, 0.1) is 0 Å². The van der Waals surface area contributed by atoms with E-state index in [1.54, 1.807) is 0 Å². The fourth-order valence-electron chi connectivity index (χ4n) is 1.09. The van der Waals surface area contributed by atoms with E-state index in [0.717, 1.165) is 0 Å². The molecule has 0 bridgehead atoms. The highest BCUT2D eigenvalue weighted by molar-refractivity contribution is 6.05. The van der Waals surface area contributed by atoms with E-state index in [2.05, 4.69) is 4.74 Å². The molecular weight excluding hydrogens is 222 g/mol. The van der Waals surface area contributed by atoms with Crippen molar-refractivity contribution >= 4 is 30.0 Å². The first-order chi connectivity index (χ1) is 6.57. The minimum Gasteiger partial charge on any atom is -0.478 e. The van der Waals surface area contributed by atoms with E-state index in [0.29, 0.717) is 0 Å². The Morgan fingerprint density at radius 3 is 2.47 bits per heavy atom. The number of carbonyl (C=O) groups is 2. The van der Waals surface area contributed by atoms with Crippen molar-refractivity contribution in [2.24, 2.45) is 0 Å². The predicted molar refractivity (Wildman–Crippen MR) is 56.4 cm³/mol. The second-order valence-electron chi connectivity index (χ2n) is 2.57. The number of halogens is 1. The molecule has 0 radical (unpaired) electrons. The van der Waals surface area contributed by atoms with Crippen LogP contribution in [0.25, 0.3) is 0 Å². The van der Waals surface area contributed by atoms with E-state index >= 15 is 0 Å². The molecule has 6 heteroatoms. The number of carbonyl (C=O) groups excluding carboxylic acids is 1. The summed E-state index contributed by atoms with van der Waals surface area (Å²) in [6.07, 6.45) is 0. The quantitative estimate of drug-likeness (QED) is 0.589. The minimum absolute atomic E-state index is 0. The van der Waals surface area contributed by atoms with E-state index in [9.17, 15) is 9.59 Å². The average molecular weight is 232 g/mol. The molecule has 0 saturated heterocycles. The monoisotopic (exact) mass is 231 g/mol. The van der Waals surface area contributed by atoms with Gasteiger partial charge in [0.2, 0.25) is 0 Å². The summed E-state index contributed by atoms with van der Waals surface area (Å²) < 4.78 is 4.42. The van der Waals surface area contributed by atoms with Crippen molar-refractivity contribution < 1.29 is 19.4 Å². The lowest BCUT2D eigenvalue weighted by atomic mass is 10.1. The van der Waals surface area contributed by atoms with Gasteiger partial charge in [0.1, 0.15) is 0 Å². The zero-order valence-corrected chi connectivity index (χ0v) is 8.71. The van der Waals surface area contributed by atoms with Gasteiger partial charge in [-0.3, -0.25) is 0 Å². The van der Waals surface area contributed by atoms with Crippen molar-refractivity contribution in [2.75, 3.05) is 12.8 Å². The number of aromatic carboxylic acids is 1. The van der Waals surface area contributed by atoms with E-state index < -0.39 is 11.9 Å². The average Bonchev–Trinajstić information content (AvgIpc) is 2.15. The molecule has 0 aromatic heterocycles. The van der Waals surface area contributed by atoms with Gasteiger partial charge in [0.15, 0.2) is 0 Å². The second-order valence-corrected chi connectivity index (χ2v) is 2.57. The summed E-state index contributed by atoms with van der Waals surface area (Å²) >= 11 is 0. The van der Waals surface area contributed by atoms with Crippen molar-refractivity contribution in [1.82, 2.24) is 0 Å². The van der Waals surface area contributed by atoms with E-state index in [1.165, 1.54) is 25.3 Å². The maximum absolute atomic E-state index is 11.1. The highest BCUT2D eigenvalue weighted by atomic mass is 35.5. The number of nitrogen functional groups attached to an aromatic ring is 1. The van der Waals surface area contributed by atoms with Crippen molar-refractivity contribution in [3.8, 4) is 0 Å². The molecule has 0 spiro atoms. The lowest BCUT2D eigenvalue weighted by Gasteiger charge is -2.05. The van der Waals surface area contributed by atoms with Crippen LogP contribution < -0.4 is 5.73 Å². The number of methoxy groups -OCH3 is 1. The molecule has 1 rings (SSSR count). The zero-order chi connectivity index (χ0) is 10.7. The number of carboxylic acid groups (broad SMARTS) is 1. The van der Waals surface area contributed by atoms with Crippen molar-refractivity contribution in [3.05, 3.63) is 29.3 Å². The molecule has 5 nitrogen and oxygen atoms in total. The van der Waals surface area contributed by atoms with Gasteiger partial charge in [0.05, 0.1) is 18.2 Å². The van der Waals surface area contributed by atoms with Gasteiger partial charge in [-0.1, -0.05) is 6.07 Å². The Labute approximate surface area is 92.3 Å². The number of benzene rings is 1. The fraction of sp³-hybridized carbons (Fsp3) is 0.111. The molecule has 0 saturated carbocycles. The Kier molecular flexibility index (Phi) is 4.60. The largest absolute Gasteiger partial charge is 0.478 e. The Balaban J connectivity index is 0.00000196. The van der Waals surface area contributed by atoms with Crippen LogP contribution in [0.4, 0.5) is 5.69 Å². The lowest BCUT2D eigenvalue weighted by molar-refractivity contribution is 0.0583. The number of hydrogen-bond donors (Lipinski definition) is 2. The summed E-state index contributed by atoms with van der Waals surface area (Å²) in [4.78, 5) is 21.9. The van der Waals surface area contributed by atoms with Gasteiger partial charge in [-0.05, 0) is 12.1 Å². The summed E-state index contributed by atoms with van der Waals surface area (Å²) in [6, 6.07) is 4.26. The summed E-state index contributed by atoms with van der Waals surface area (Å²) in [7, 11) is 1.18. The predicted octanol–water partition coefficient (Wildman–Crippen LogP) is 1.18. The fourth-order valence-corrected chi connectivity index (χ4v) is 1.09. The van der Waals surface area contributed by atoms with E-state index in [-0.39, 0.29) is 29.2 Å². The van der Waals surface area contributed by atoms with Gasteiger partial charge in [-0.25, -0.2) is 9.59 Å². The first-order valence-electron chi connectivity index (χ1n) is 3.78. The van der Waals surface area contributed by atoms with Gasteiger partial charge >= 0.3 is 11.9 Å².